The number of anilines is 2. The summed E-state index contributed by atoms with van der Waals surface area (Å²) in [4.78, 5) is 13.9. The van der Waals surface area contributed by atoms with Gasteiger partial charge in [-0.1, -0.05) is 28.1 Å². The van der Waals surface area contributed by atoms with E-state index in [1.165, 1.54) is 0 Å². The Labute approximate surface area is 114 Å². The van der Waals surface area contributed by atoms with Crippen molar-refractivity contribution in [2.45, 2.75) is 0 Å². The van der Waals surface area contributed by atoms with Gasteiger partial charge in [-0.15, -0.1) is 0 Å². The summed E-state index contributed by atoms with van der Waals surface area (Å²) in [5, 5.41) is 0. The molecule has 2 rings (SSSR count). The van der Waals surface area contributed by atoms with E-state index < -0.39 is 0 Å². The van der Waals surface area contributed by atoms with Gasteiger partial charge in [-0.3, -0.25) is 4.79 Å². The van der Waals surface area contributed by atoms with E-state index >= 15 is 0 Å². The standard InChI is InChI=1S/C14H13BrN2O/c1-17(11-8-6-10(15)7-9-11)14(18)12-4-2-3-5-13(12)16/h2-9H,16H2,1H3. The quantitative estimate of drug-likeness (QED) is 0.865. The summed E-state index contributed by atoms with van der Waals surface area (Å²) in [5.41, 5.74) is 7.64. The monoisotopic (exact) mass is 304 g/mol. The van der Waals surface area contributed by atoms with Crippen LogP contribution in [-0.4, -0.2) is 13.0 Å². The Kier molecular flexibility index (Phi) is 3.67. The first kappa shape index (κ1) is 12.6. The Bertz CT molecular complexity index is 566. The van der Waals surface area contributed by atoms with Crippen molar-refractivity contribution < 1.29 is 4.79 Å². The van der Waals surface area contributed by atoms with Crippen LogP contribution in [0, 0.1) is 0 Å². The molecular weight excluding hydrogens is 292 g/mol. The highest BCUT2D eigenvalue weighted by atomic mass is 79.9. The van der Waals surface area contributed by atoms with Crippen molar-refractivity contribution in [2.24, 2.45) is 0 Å². The molecule has 18 heavy (non-hydrogen) atoms. The van der Waals surface area contributed by atoms with Crippen molar-refractivity contribution >= 4 is 33.2 Å². The van der Waals surface area contributed by atoms with Gasteiger partial charge >= 0.3 is 0 Å². The number of hydrogen-bond acceptors (Lipinski definition) is 2. The Morgan fingerprint density at radius 2 is 1.72 bits per heavy atom. The van der Waals surface area contributed by atoms with Gasteiger partial charge in [-0.05, 0) is 36.4 Å². The van der Waals surface area contributed by atoms with E-state index in [4.69, 9.17) is 5.73 Å². The van der Waals surface area contributed by atoms with E-state index in [9.17, 15) is 4.79 Å². The number of carbonyl (C=O) groups is 1. The van der Waals surface area contributed by atoms with Gasteiger partial charge < -0.3 is 10.6 Å². The van der Waals surface area contributed by atoms with Crippen LogP contribution in [0.15, 0.2) is 53.0 Å². The molecule has 0 atom stereocenters. The lowest BCUT2D eigenvalue weighted by Crippen LogP contribution is -2.26. The van der Waals surface area contributed by atoms with E-state index in [1.54, 1.807) is 30.1 Å². The summed E-state index contributed by atoms with van der Waals surface area (Å²) in [7, 11) is 1.73. The van der Waals surface area contributed by atoms with Crippen molar-refractivity contribution in [1.29, 1.82) is 0 Å². The minimum Gasteiger partial charge on any atom is -0.398 e. The van der Waals surface area contributed by atoms with E-state index in [1.807, 2.05) is 30.3 Å². The van der Waals surface area contributed by atoms with Gasteiger partial charge in [0.1, 0.15) is 0 Å². The first-order valence-corrected chi connectivity index (χ1v) is 6.27. The Hall–Kier alpha value is -1.81. The van der Waals surface area contributed by atoms with Gasteiger partial charge in [0, 0.05) is 22.9 Å². The molecule has 0 aliphatic rings. The number of rotatable bonds is 2. The Morgan fingerprint density at radius 1 is 1.11 bits per heavy atom. The van der Waals surface area contributed by atoms with Crippen molar-refractivity contribution in [3.8, 4) is 0 Å². The van der Waals surface area contributed by atoms with Gasteiger partial charge in [-0.2, -0.15) is 0 Å². The molecule has 0 aliphatic carbocycles. The lowest BCUT2D eigenvalue weighted by molar-refractivity contribution is 0.0994. The number of benzene rings is 2. The second-order valence-electron chi connectivity index (χ2n) is 3.93. The highest BCUT2D eigenvalue weighted by Crippen LogP contribution is 2.20. The highest BCUT2D eigenvalue weighted by molar-refractivity contribution is 9.10. The zero-order valence-corrected chi connectivity index (χ0v) is 11.5. The average molecular weight is 305 g/mol. The maximum absolute atomic E-state index is 12.3. The summed E-state index contributed by atoms with van der Waals surface area (Å²) >= 11 is 3.36. The normalized spacial score (nSPS) is 10.1. The predicted molar refractivity (Wildman–Crippen MR) is 77.7 cm³/mol. The van der Waals surface area contributed by atoms with Crippen LogP contribution in [0.4, 0.5) is 11.4 Å². The molecule has 4 heteroatoms. The lowest BCUT2D eigenvalue weighted by Gasteiger charge is -2.18. The third-order valence-corrected chi connectivity index (χ3v) is 3.24. The van der Waals surface area contributed by atoms with E-state index in [-0.39, 0.29) is 5.91 Å². The molecule has 0 fully saturated rings. The zero-order chi connectivity index (χ0) is 13.1. The van der Waals surface area contributed by atoms with Gasteiger partial charge in [0.2, 0.25) is 0 Å². The van der Waals surface area contributed by atoms with Crippen LogP contribution < -0.4 is 10.6 Å². The van der Waals surface area contributed by atoms with Crippen molar-refractivity contribution in [3.63, 3.8) is 0 Å². The van der Waals surface area contributed by atoms with Crippen LogP contribution in [0.25, 0.3) is 0 Å². The molecule has 2 N–H and O–H groups in total. The number of nitrogen functional groups attached to an aromatic ring is 1. The first-order valence-electron chi connectivity index (χ1n) is 5.47. The Morgan fingerprint density at radius 3 is 2.33 bits per heavy atom. The molecule has 0 radical (unpaired) electrons. The van der Waals surface area contributed by atoms with Crippen molar-refractivity contribution in [2.75, 3.05) is 17.7 Å². The van der Waals surface area contributed by atoms with E-state index in [0.717, 1.165) is 10.2 Å². The van der Waals surface area contributed by atoms with E-state index in [2.05, 4.69) is 15.9 Å². The van der Waals surface area contributed by atoms with Crippen LogP contribution in [0.1, 0.15) is 10.4 Å². The number of carbonyl (C=O) groups excluding carboxylic acids is 1. The van der Waals surface area contributed by atoms with Gasteiger partial charge in [0.15, 0.2) is 0 Å². The second kappa shape index (κ2) is 5.23. The van der Waals surface area contributed by atoms with Gasteiger partial charge in [-0.25, -0.2) is 0 Å². The fourth-order valence-corrected chi connectivity index (χ4v) is 1.92. The third-order valence-electron chi connectivity index (χ3n) is 2.71. The smallest absolute Gasteiger partial charge is 0.260 e. The van der Waals surface area contributed by atoms with Crippen LogP contribution in [0.2, 0.25) is 0 Å². The molecule has 0 bridgehead atoms. The average Bonchev–Trinajstić information content (AvgIpc) is 2.38. The summed E-state index contributed by atoms with van der Waals surface area (Å²) in [6, 6.07) is 14.6. The minimum atomic E-state index is -0.115. The summed E-state index contributed by atoms with van der Waals surface area (Å²) in [5.74, 6) is -0.115. The van der Waals surface area contributed by atoms with Crippen molar-refractivity contribution in [1.82, 2.24) is 0 Å². The fraction of sp³-hybridized carbons (Fsp3) is 0.0714. The predicted octanol–water partition coefficient (Wildman–Crippen LogP) is 3.31. The number of halogens is 1. The summed E-state index contributed by atoms with van der Waals surface area (Å²) in [6.07, 6.45) is 0. The molecule has 0 saturated heterocycles. The molecule has 0 heterocycles. The maximum atomic E-state index is 12.3. The molecule has 92 valence electrons. The van der Waals surface area contributed by atoms with Crippen molar-refractivity contribution in [3.05, 3.63) is 58.6 Å². The molecule has 0 spiro atoms. The molecule has 2 aromatic carbocycles. The number of amides is 1. The number of nitrogens with two attached hydrogens (primary N) is 1. The largest absolute Gasteiger partial charge is 0.398 e. The lowest BCUT2D eigenvalue weighted by atomic mass is 10.1. The number of para-hydroxylation sites is 1. The molecule has 1 amide bonds. The van der Waals surface area contributed by atoms with E-state index in [0.29, 0.717) is 11.3 Å². The maximum Gasteiger partial charge on any atom is 0.260 e. The van der Waals surface area contributed by atoms with Gasteiger partial charge in [0.05, 0.1) is 5.56 Å². The first-order chi connectivity index (χ1) is 8.59. The molecule has 0 unspecified atom stereocenters. The van der Waals surface area contributed by atoms with Crippen LogP contribution in [0.3, 0.4) is 0 Å². The zero-order valence-electron chi connectivity index (χ0n) is 9.93. The molecule has 0 aromatic heterocycles. The van der Waals surface area contributed by atoms with Crippen LogP contribution in [0.5, 0.6) is 0 Å². The topological polar surface area (TPSA) is 46.3 Å². The third kappa shape index (κ3) is 2.54. The number of hydrogen-bond donors (Lipinski definition) is 1. The van der Waals surface area contributed by atoms with Crippen LogP contribution in [-0.2, 0) is 0 Å². The molecular formula is C14H13BrN2O. The SMILES string of the molecule is CN(C(=O)c1ccccc1N)c1ccc(Br)cc1. The summed E-state index contributed by atoms with van der Waals surface area (Å²) < 4.78 is 0.978. The Balaban J connectivity index is 2.29. The molecule has 3 nitrogen and oxygen atoms in total. The molecule has 2 aromatic rings. The minimum absolute atomic E-state index is 0.115. The molecule has 0 saturated carbocycles. The fourth-order valence-electron chi connectivity index (χ4n) is 1.65. The second-order valence-corrected chi connectivity index (χ2v) is 4.84. The highest BCUT2D eigenvalue weighted by Gasteiger charge is 2.15. The van der Waals surface area contributed by atoms with Gasteiger partial charge in [0.25, 0.3) is 5.91 Å². The van der Waals surface area contributed by atoms with Crippen LogP contribution >= 0.6 is 15.9 Å². The molecule has 0 aliphatic heterocycles. The number of nitrogens with zero attached hydrogens (tertiary/aromatic N) is 1. The summed E-state index contributed by atoms with van der Waals surface area (Å²) in [6.45, 7) is 0.